The molecule has 4 amide bonds. The number of carbonyl (C=O) groups is 3. The first kappa shape index (κ1) is 19.6. The maximum absolute atomic E-state index is 13.8. The van der Waals surface area contributed by atoms with E-state index < -0.39 is 35.5 Å². The van der Waals surface area contributed by atoms with Gasteiger partial charge in [-0.15, -0.1) is 0 Å². The van der Waals surface area contributed by atoms with Crippen molar-refractivity contribution in [2.24, 2.45) is 0 Å². The number of nitrogens with one attached hydrogen (secondary N) is 2. The molecule has 1 saturated heterocycles. The predicted molar refractivity (Wildman–Crippen MR) is 90.1 cm³/mol. The highest BCUT2D eigenvalue weighted by Gasteiger charge is 2.69. The number of hydrogen-bond acceptors (Lipinski definition) is 3. The van der Waals surface area contributed by atoms with E-state index in [1.54, 1.807) is 0 Å². The SMILES string of the molecule is O=C(NC1(C(F)(F)F)NC(=O)N(c2ccc(Cl)cc2)C1=O)c1ccc(F)cc1. The summed E-state index contributed by atoms with van der Waals surface area (Å²) in [4.78, 5) is 37.2. The summed E-state index contributed by atoms with van der Waals surface area (Å²) < 4.78 is 54.3. The zero-order chi connectivity index (χ0) is 20.7. The van der Waals surface area contributed by atoms with Crippen LogP contribution in [0, 0.1) is 5.82 Å². The zero-order valence-corrected chi connectivity index (χ0v) is 14.4. The number of amides is 4. The van der Waals surface area contributed by atoms with Crippen molar-refractivity contribution in [2.45, 2.75) is 11.8 Å². The number of rotatable bonds is 3. The molecular formula is C17H10ClF4N3O3. The molecule has 0 saturated carbocycles. The van der Waals surface area contributed by atoms with Crippen molar-refractivity contribution < 1.29 is 31.9 Å². The summed E-state index contributed by atoms with van der Waals surface area (Å²) in [5, 5.41) is 3.27. The van der Waals surface area contributed by atoms with Gasteiger partial charge in [-0.1, -0.05) is 11.6 Å². The zero-order valence-electron chi connectivity index (χ0n) is 13.7. The Morgan fingerprint density at radius 2 is 1.61 bits per heavy atom. The van der Waals surface area contributed by atoms with E-state index in [-0.39, 0.29) is 21.2 Å². The number of nitrogens with zero attached hydrogens (tertiary/aromatic N) is 1. The lowest BCUT2D eigenvalue weighted by molar-refractivity contribution is -0.197. The minimum atomic E-state index is -5.36. The summed E-state index contributed by atoms with van der Waals surface area (Å²) >= 11 is 5.70. The molecular weight excluding hydrogens is 406 g/mol. The molecule has 1 fully saturated rings. The number of carbonyl (C=O) groups excluding carboxylic acids is 3. The minimum Gasteiger partial charge on any atom is -0.314 e. The van der Waals surface area contributed by atoms with E-state index in [4.69, 9.17) is 11.6 Å². The van der Waals surface area contributed by atoms with Gasteiger partial charge in [0.2, 0.25) is 0 Å². The first-order valence-corrected chi connectivity index (χ1v) is 8.00. The van der Waals surface area contributed by atoms with E-state index in [1.165, 1.54) is 34.9 Å². The standard InChI is InChI=1S/C17H10ClF4N3O3/c18-10-3-7-12(8-4-10)25-14(27)16(17(20,21)22,24-15(25)28)23-13(26)9-1-5-11(19)6-2-9/h1-8H,(H,23,26)(H,24,28). The fraction of sp³-hybridized carbons (Fsp3) is 0.118. The van der Waals surface area contributed by atoms with E-state index in [0.717, 1.165) is 24.3 Å². The fourth-order valence-electron chi connectivity index (χ4n) is 2.55. The first-order chi connectivity index (χ1) is 13.0. The highest BCUT2D eigenvalue weighted by Crippen LogP contribution is 2.36. The summed E-state index contributed by atoms with van der Waals surface area (Å²) in [5.41, 5.74) is -4.19. The molecule has 1 aliphatic heterocycles. The molecule has 2 aromatic carbocycles. The Morgan fingerprint density at radius 1 is 1.04 bits per heavy atom. The number of halogens is 5. The molecule has 0 aromatic heterocycles. The van der Waals surface area contributed by atoms with Crippen molar-refractivity contribution in [1.29, 1.82) is 0 Å². The third kappa shape index (κ3) is 3.26. The van der Waals surface area contributed by atoms with E-state index in [9.17, 15) is 31.9 Å². The van der Waals surface area contributed by atoms with E-state index in [1.807, 2.05) is 0 Å². The lowest BCUT2D eigenvalue weighted by atomic mass is 10.1. The lowest BCUT2D eigenvalue weighted by Crippen LogP contribution is -2.69. The molecule has 146 valence electrons. The van der Waals surface area contributed by atoms with Gasteiger partial charge in [0.15, 0.2) is 0 Å². The van der Waals surface area contributed by atoms with Crippen molar-refractivity contribution in [3.63, 3.8) is 0 Å². The van der Waals surface area contributed by atoms with Crippen LogP contribution in [-0.2, 0) is 4.79 Å². The van der Waals surface area contributed by atoms with Gasteiger partial charge in [-0.05, 0) is 48.5 Å². The molecule has 1 unspecified atom stereocenters. The molecule has 1 atom stereocenters. The molecule has 6 nitrogen and oxygen atoms in total. The molecule has 1 aliphatic rings. The quantitative estimate of drug-likeness (QED) is 0.597. The van der Waals surface area contributed by atoms with E-state index in [2.05, 4.69) is 0 Å². The van der Waals surface area contributed by atoms with Gasteiger partial charge in [-0.2, -0.15) is 13.2 Å². The number of urea groups is 1. The maximum Gasteiger partial charge on any atom is 0.440 e. The van der Waals surface area contributed by atoms with Gasteiger partial charge in [-0.3, -0.25) is 14.9 Å². The summed E-state index contributed by atoms with van der Waals surface area (Å²) in [7, 11) is 0. The Kier molecular flexibility index (Phi) is 4.76. The molecule has 0 radical (unpaired) electrons. The van der Waals surface area contributed by atoms with Crippen molar-refractivity contribution in [3.05, 3.63) is 64.9 Å². The summed E-state index contributed by atoms with van der Waals surface area (Å²) in [6.45, 7) is 0. The molecule has 0 spiro atoms. The van der Waals surface area contributed by atoms with Crippen LogP contribution in [0.3, 0.4) is 0 Å². The van der Waals surface area contributed by atoms with Crippen LogP contribution < -0.4 is 15.5 Å². The van der Waals surface area contributed by atoms with Gasteiger partial charge >= 0.3 is 12.2 Å². The smallest absolute Gasteiger partial charge is 0.314 e. The number of alkyl halides is 3. The molecule has 28 heavy (non-hydrogen) atoms. The minimum absolute atomic E-state index is 0.172. The second-order valence-electron chi connectivity index (χ2n) is 5.76. The van der Waals surface area contributed by atoms with Gasteiger partial charge in [0, 0.05) is 10.6 Å². The fourth-order valence-corrected chi connectivity index (χ4v) is 2.67. The highest BCUT2D eigenvalue weighted by atomic mass is 35.5. The monoisotopic (exact) mass is 415 g/mol. The second-order valence-corrected chi connectivity index (χ2v) is 6.19. The number of hydrogen-bond donors (Lipinski definition) is 2. The first-order valence-electron chi connectivity index (χ1n) is 7.62. The molecule has 2 N–H and O–H groups in total. The van der Waals surface area contributed by atoms with Gasteiger partial charge in [0.1, 0.15) is 5.82 Å². The van der Waals surface area contributed by atoms with Gasteiger partial charge < -0.3 is 5.32 Å². The van der Waals surface area contributed by atoms with E-state index >= 15 is 0 Å². The Balaban J connectivity index is 1.99. The molecule has 3 rings (SSSR count). The Hall–Kier alpha value is -3.14. The average Bonchev–Trinajstić information content (AvgIpc) is 2.87. The van der Waals surface area contributed by atoms with Gasteiger partial charge in [0.25, 0.3) is 17.5 Å². The van der Waals surface area contributed by atoms with Crippen LogP contribution in [0.15, 0.2) is 48.5 Å². The van der Waals surface area contributed by atoms with Crippen LogP contribution in [0.2, 0.25) is 5.02 Å². The van der Waals surface area contributed by atoms with Crippen molar-refractivity contribution in [1.82, 2.24) is 10.6 Å². The lowest BCUT2D eigenvalue weighted by Gasteiger charge is -2.29. The third-order valence-corrected chi connectivity index (χ3v) is 4.19. The molecule has 0 aliphatic carbocycles. The average molecular weight is 416 g/mol. The maximum atomic E-state index is 13.8. The Morgan fingerprint density at radius 3 is 2.14 bits per heavy atom. The second kappa shape index (κ2) is 6.79. The molecule has 0 bridgehead atoms. The van der Waals surface area contributed by atoms with Gasteiger partial charge in [0.05, 0.1) is 5.69 Å². The Labute approximate surface area is 160 Å². The van der Waals surface area contributed by atoms with Gasteiger partial charge in [-0.25, -0.2) is 14.1 Å². The van der Waals surface area contributed by atoms with E-state index in [0.29, 0.717) is 0 Å². The molecule has 1 heterocycles. The largest absolute Gasteiger partial charge is 0.440 e. The third-order valence-electron chi connectivity index (χ3n) is 3.94. The highest BCUT2D eigenvalue weighted by molar-refractivity contribution is 6.31. The number of anilines is 1. The van der Waals surface area contributed by atoms with Crippen molar-refractivity contribution in [2.75, 3.05) is 4.90 Å². The summed E-state index contributed by atoms with van der Waals surface area (Å²) in [6.07, 6.45) is -5.36. The number of imide groups is 1. The van der Waals surface area contributed by atoms with Crippen molar-refractivity contribution in [3.8, 4) is 0 Å². The van der Waals surface area contributed by atoms with Crippen LogP contribution in [-0.4, -0.2) is 29.7 Å². The summed E-state index contributed by atoms with van der Waals surface area (Å²) in [5.74, 6) is -3.78. The van der Waals surface area contributed by atoms with Crippen LogP contribution in [0.4, 0.5) is 28.0 Å². The molecule has 11 heteroatoms. The summed E-state index contributed by atoms with van der Waals surface area (Å²) in [6, 6.07) is 7.13. The number of benzene rings is 2. The Bertz CT molecular complexity index is 948. The van der Waals surface area contributed by atoms with Crippen LogP contribution in [0.5, 0.6) is 0 Å². The molecule has 2 aromatic rings. The van der Waals surface area contributed by atoms with Crippen molar-refractivity contribution >= 4 is 35.1 Å². The van der Waals surface area contributed by atoms with Crippen LogP contribution in [0.1, 0.15) is 10.4 Å². The topological polar surface area (TPSA) is 78.5 Å². The van der Waals surface area contributed by atoms with Crippen LogP contribution >= 0.6 is 11.6 Å². The van der Waals surface area contributed by atoms with Crippen LogP contribution in [0.25, 0.3) is 0 Å². The normalized spacial score (nSPS) is 19.5. The predicted octanol–water partition coefficient (Wildman–Crippen LogP) is 3.22.